The first-order valence-corrected chi connectivity index (χ1v) is 4.63. The van der Waals surface area contributed by atoms with Gasteiger partial charge in [-0.2, -0.15) is 0 Å². The summed E-state index contributed by atoms with van der Waals surface area (Å²) >= 11 is 0. The van der Waals surface area contributed by atoms with Crippen LogP contribution in [-0.4, -0.2) is 37.4 Å². The van der Waals surface area contributed by atoms with E-state index in [2.05, 4.69) is 23.0 Å². The van der Waals surface area contributed by atoms with E-state index in [-0.39, 0.29) is 0 Å². The summed E-state index contributed by atoms with van der Waals surface area (Å²) in [7, 11) is 2.15. The summed E-state index contributed by atoms with van der Waals surface area (Å²) in [6.07, 6.45) is 6.34. The van der Waals surface area contributed by atoms with Gasteiger partial charge in [0.05, 0.1) is 5.71 Å². The lowest BCUT2D eigenvalue weighted by Crippen LogP contribution is -2.54. The second kappa shape index (κ2) is 3.39. The molecule has 0 amide bonds. The molecule has 2 bridgehead atoms. The molecule has 2 unspecified atom stereocenters. The molecule has 0 aromatic heterocycles. The Kier molecular flexibility index (Phi) is 2.24. The Hall–Kier alpha value is -1.01. The van der Waals surface area contributed by atoms with Crippen LogP contribution in [0.2, 0.25) is 0 Å². The van der Waals surface area contributed by atoms with Gasteiger partial charge in [0.15, 0.2) is 6.61 Å². The van der Waals surface area contributed by atoms with Crippen molar-refractivity contribution in [2.45, 2.75) is 6.42 Å². The Morgan fingerprint density at radius 2 is 2.31 bits per heavy atom. The van der Waals surface area contributed by atoms with Gasteiger partial charge >= 0.3 is 0 Å². The summed E-state index contributed by atoms with van der Waals surface area (Å²) in [6.45, 7) is 2.53. The van der Waals surface area contributed by atoms with Crippen molar-refractivity contribution in [3.63, 3.8) is 0 Å². The van der Waals surface area contributed by atoms with E-state index in [0.29, 0.717) is 18.4 Å². The Labute approximate surface area is 78.7 Å². The van der Waals surface area contributed by atoms with Crippen molar-refractivity contribution in [1.29, 1.82) is 0 Å². The van der Waals surface area contributed by atoms with Gasteiger partial charge in [-0.1, -0.05) is 11.1 Å². The van der Waals surface area contributed by atoms with Gasteiger partial charge in [-0.25, -0.2) is 0 Å². The van der Waals surface area contributed by atoms with Crippen LogP contribution in [-0.2, 0) is 4.84 Å². The van der Waals surface area contributed by atoms with Crippen molar-refractivity contribution in [3.05, 3.63) is 0 Å². The Bertz CT molecular complexity index is 253. The smallest absolute Gasteiger partial charge is 0.177 e. The molecule has 2 atom stereocenters. The molecule has 0 aromatic rings. The van der Waals surface area contributed by atoms with Gasteiger partial charge in [0, 0.05) is 24.9 Å². The molecule has 13 heavy (non-hydrogen) atoms. The van der Waals surface area contributed by atoms with Crippen LogP contribution >= 0.6 is 0 Å². The number of fused-ring (bicyclic) bond motifs is 2. The number of piperidine rings is 2. The van der Waals surface area contributed by atoms with E-state index in [4.69, 9.17) is 11.3 Å². The first-order chi connectivity index (χ1) is 6.31. The van der Waals surface area contributed by atoms with Gasteiger partial charge in [0.1, 0.15) is 0 Å². The SMILES string of the molecule is C#CCON=C1C2CC1CN(C)C2. The zero-order valence-corrected chi connectivity index (χ0v) is 7.86. The van der Waals surface area contributed by atoms with Crippen molar-refractivity contribution in [2.75, 3.05) is 26.7 Å². The number of hydrogen-bond donors (Lipinski definition) is 0. The predicted octanol–water partition coefficient (Wildman–Crippen LogP) is 0.574. The van der Waals surface area contributed by atoms with Crippen LogP contribution in [0.1, 0.15) is 6.42 Å². The standard InChI is InChI=1S/C10H14N2O/c1-3-4-13-11-10-8-5-9(10)7-12(2)6-8/h1,8-9H,4-7H2,2H3. The maximum Gasteiger partial charge on any atom is 0.177 e. The number of nitrogens with zero attached hydrogens (tertiary/aromatic N) is 2. The highest BCUT2D eigenvalue weighted by molar-refractivity contribution is 5.94. The molecule has 2 aliphatic heterocycles. The highest BCUT2D eigenvalue weighted by Crippen LogP contribution is 2.36. The van der Waals surface area contributed by atoms with Crippen LogP contribution in [0.25, 0.3) is 0 Å². The van der Waals surface area contributed by atoms with Gasteiger partial charge in [-0.15, -0.1) is 6.42 Å². The third-order valence-corrected chi connectivity index (χ3v) is 2.79. The largest absolute Gasteiger partial charge is 0.383 e. The van der Waals surface area contributed by atoms with Crippen LogP contribution in [0.15, 0.2) is 5.16 Å². The topological polar surface area (TPSA) is 24.8 Å². The van der Waals surface area contributed by atoms with Crippen molar-refractivity contribution >= 4 is 5.71 Å². The van der Waals surface area contributed by atoms with Crippen LogP contribution in [0.3, 0.4) is 0 Å². The molecular weight excluding hydrogens is 164 g/mol. The molecule has 2 saturated heterocycles. The quantitative estimate of drug-likeness (QED) is 0.351. The summed E-state index contributed by atoms with van der Waals surface area (Å²) < 4.78 is 0. The van der Waals surface area contributed by atoms with Crippen molar-refractivity contribution < 1.29 is 4.84 Å². The fourth-order valence-electron chi connectivity index (χ4n) is 2.21. The molecule has 3 rings (SSSR count). The Morgan fingerprint density at radius 3 is 2.92 bits per heavy atom. The molecule has 3 aliphatic rings. The van der Waals surface area contributed by atoms with E-state index in [1.165, 1.54) is 12.1 Å². The third kappa shape index (κ3) is 1.54. The summed E-state index contributed by atoms with van der Waals surface area (Å²) in [4.78, 5) is 7.34. The average molecular weight is 178 g/mol. The van der Waals surface area contributed by atoms with E-state index >= 15 is 0 Å². The van der Waals surface area contributed by atoms with Gasteiger partial charge in [-0.3, -0.25) is 0 Å². The number of hydrogen-bond acceptors (Lipinski definition) is 3. The summed E-state index contributed by atoms with van der Waals surface area (Å²) in [5.41, 5.74) is 1.23. The fourth-order valence-corrected chi connectivity index (χ4v) is 2.21. The molecule has 3 nitrogen and oxygen atoms in total. The molecule has 1 saturated carbocycles. The lowest BCUT2D eigenvalue weighted by atomic mass is 9.69. The minimum Gasteiger partial charge on any atom is -0.383 e. The predicted molar refractivity (Wildman–Crippen MR) is 51.3 cm³/mol. The van der Waals surface area contributed by atoms with Gasteiger partial charge < -0.3 is 9.74 Å². The normalized spacial score (nSPS) is 31.8. The van der Waals surface area contributed by atoms with Crippen molar-refractivity contribution in [3.8, 4) is 12.3 Å². The number of terminal acetylenes is 1. The molecule has 2 heterocycles. The third-order valence-electron chi connectivity index (χ3n) is 2.79. The molecule has 0 spiro atoms. The zero-order valence-electron chi connectivity index (χ0n) is 7.86. The van der Waals surface area contributed by atoms with E-state index in [1.54, 1.807) is 0 Å². The van der Waals surface area contributed by atoms with Crippen LogP contribution in [0, 0.1) is 24.2 Å². The molecule has 0 aromatic carbocycles. The van der Waals surface area contributed by atoms with Crippen molar-refractivity contribution in [2.24, 2.45) is 17.0 Å². The molecule has 1 aliphatic carbocycles. The number of rotatable bonds is 2. The lowest BCUT2D eigenvalue weighted by Gasteiger charge is -2.46. The van der Waals surface area contributed by atoms with E-state index < -0.39 is 0 Å². The average Bonchev–Trinajstić information content (AvgIpc) is 2.12. The van der Waals surface area contributed by atoms with E-state index in [0.717, 1.165) is 13.1 Å². The highest BCUT2D eigenvalue weighted by atomic mass is 16.6. The number of oxime groups is 1. The molecule has 3 fully saturated rings. The molecular formula is C10H14N2O. The first kappa shape index (κ1) is 8.58. The van der Waals surface area contributed by atoms with Crippen LogP contribution < -0.4 is 0 Å². The lowest BCUT2D eigenvalue weighted by molar-refractivity contribution is 0.134. The molecule has 0 N–H and O–H groups in total. The minimum atomic E-state index is 0.290. The summed E-state index contributed by atoms with van der Waals surface area (Å²) in [5.74, 6) is 3.66. The highest BCUT2D eigenvalue weighted by Gasteiger charge is 2.43. The monoisotopic (exact) mass is 178 g/mol. The summed E-state index contributed by atoms with van der Waals surface area (Å²) in [6, 6.07) is 0. The Balaban J connectivity index is 1.90. The first-order valence-electron chi connectivity index (χ1n) is 4.63. The Morgan fingerprint density at radius 1 is 1.62 bits per heavy atom. The maximum absolute atomic E-state index is 5.06. The van der Waals surface area contributed by atoms with Gasteiger partial charge in [-0.05, 0) is 13.5 Å². The second-order valence-corrected chi connectivity index (χ2v) is 3.84. The van der Waals surface area contributed by atoms with Crippen molar-refractivity contribution in [1.82, 2.24) is 4.90 Å². The van der Waals surface area contributed by atoms with E-state index in [1.807, 2.05) is 0 Å². The molecule has 0 radical (unpaired) electrons. The van der Waals surface area contributed by atoms with Gasteiger partial charge in [0.25, 0.3) is 0 Å². The molecule has 3 heteroatoms. The zero-order chi connectivity index (χ0) is 9.26. The summed E-state index contributed by atoms with van der Waals surface area (Å²) in [5, 5.41) is 4.09. The minimum absolute atomic E-state index is 0.290. The maximum atomic E-state index is 5.06. The van der Waals surface area contributed by atoms with Crippen LogP contribution in [0.4, 0.5) is 0 Å². The van der Waals surface area contributed by atoms with Gasteiger partial charge in [0.2, 0.25) is 0 Å². The second-order valence-electron chi connectivity index (χ2n) is 3.84. The van der Waals surface area contributed by atoms with Crippen LogP contribution in [0.5, 0.6) is 0 Å². The molecule has 70 valence electrons. The fraction of sp³-hybridized carbons (Fsp3) is 0.700. The van der Waals surface area contributed by atoms with E-state index in [9.17, 15) is 0 Å².